The van der Waals surface area contributed by atoms with E-state index in [2.05, 4.69) is 4.90 Å². The Morgan fingerprint density at radius 2 is 2.40 bits per heavy atom. The first-order chi connectivity index (χ1) is 9.61. The Kier molecular flexibility index (Phi) is 4.74. The quantitative estimate of drug-likeness (QED) is 0.842. The topological polar surface area (TPSA) is 49.8 Å². The van der Waals surface area contributed by atoms with Gasteiger partial charge >= 0.3 is 5.97 Å². The lowest BCUT2D eigenvalue weighted by molar-refractivity contribution is -0.131. The minimum absolute atomic E-state index is 0.133. The number of carbonyl (C=O) groups is 1. The fourth-order valence-electron chi connectivity index (χ4n) is 2.60. The summed E-state index contributed by atoms with van der Waals surface area (Å²) in [6.07, 6.45) is 4.75. The molecule has 0 spiro atoms. The molecule has 0 bridgehead atoms. The minimum atomic E-state index is -0.948. The number of hydrogen-bond donors (Lipinski definition) is 1. The number of rotatable bonds is 5. The minimum Gasteiger partial charge on any atom is -0.494 e. The molecule has 5 heteroatoms. The Balaban J connectivity index is 2.10. The van der Waals surface area contributed by atoms with Crippen molar-refractivity contribution in [1.82, 2.24) is 4.90 Å². The maximum atomic E-state index is 13.8. The highest BCUT2D eigenvalue weighted by molar-refractivity contribution is 5.79. The number of benzene rings is 1. The van der Waals surface area contributed by atoms with Crippen LogP contribution in [0.4, 0.5) is 4.39 Å². The van der Waals surface area contributed by atoms with Gasteiger partial charge in [0.05, 0.1) is 7.11 Å². The molecule has 0 radical (unpaired) electrons. The van der Waals surface area contributed by atoms with Crippen LogP contribution in [-0.4, -0.2) is 36.2 Å². The number of methoxy groups -OCH3 is 1. The molecule has 20 heavy (non-hydrogen) atoms. The molecule has 0 saturated carbocycles. The van der Waals surface area contributed by atoms with Gasteiger partial charge in [0.25, 0.3) is 0 Å². The van der Waals surface area contributed by atoms with E-state index in [1.807, 2.05) is 6.07 Å². The molecule has 0 amide bonds. The van der Waals surface area contributed by atoms with E-state index >= 15 is 0 Å². The van der Waals surface area contributed by atoms with Crippen LogP contribution in [0.3, 0.4) is 0 Å². The normalized spacial score (nSPS) is 19.6. The molecule has 1 heterocycles. The van der Waals surface area contributed by atoms with Gasteiger partial charge in [-0.1, -0.05) is 12.1 Å². The van der Waals surface area contributed by atoms with Gasteiger partial charge < -0.3 is 9.84 Å². The van der Waals surface area contributed by atoms with Gasteiger partial charge in [-0.25, -0.2) is 9.18 Å². The number of likely N-dealkylation sites (tertiary alicyclic amines) is 1. The summed E-state index contributed by atoms with van der Waals surface area (Å²) < 4.78 is 18.7. The fourth-order valence-corrected chi connectivity index (χ4v) is 2.60. The van der Waals surface area contributed by atoms with Crippen LogP contribution in [0.25, 0.3) is 0 Å². The zero-order valence-corrected chi connectivity index (χ0v) is 11.4. The maximum absolute atomic E-state index is 13.8. The average molecular weight is 279 g/mol. The number of nitrogens with zero attached hydrogens (tertiary/aromatic N) is 1. The van der Waals surface area contributed by atoms with Crippen molar-refractivity contribution in [3.63, 3.8) is 0 Å². The van der Waals surface area contributed by atoms with Crippen LogP contribution >= 0.6 is 0 Å². The van der Waals surface area contributed by atoms with Gasteiger partial charge in [-0.05, 0) is 37.1 Å². The van der Waals surface area contributed by atoms with Gasteiger partial charge in [-0.2, -0.15) is 0 Å². The largest absolute Gasteiger partial charge is 0.494 e. The number of carboxylic acids is 1. The van der Waals surface area contributed by atoms with Crippen molar-refractivity contribution in [2.24, 2.45) is 0 Å². The second-order valence-electron chi connectivity index (χ2n) is 4.79. The number of hydrogen-bond acceptors (Lipinski definition) is 3. The summed E-state index contributed by atoms with van der Waals surface area (Å²) in [4.78, 5) is 12.6. The van der Waals surface area contributed by atoms with Crippen molar-refractivity contribution in [3.05, 3.63) is 41.7 Å². The van der Waals surface area contributed by atoms with E-state index < -0.39 is 5.97 Å². The summed E-state index contributed by atoms with van der Waals surface area (Å²) in [6, 6.07) is 5.14. The van der Waals surface area contributed by atoms with Gasteiger partial charge in [-0.15, -0.1) is 0 Å². The molecule has 1 N–H and O–H groups in total. The molecule has 108 valence electrons. The van der Waals surface area contributed by atoms with Crippen molar-refractivity contribution in [1.29, 1.82) is 0 Å². The summed E-state index contributed by atoms with van der Waals surface area (Å²) in [5.41, 5.74) is 0.907. The molecule has 1 unspecified atom stereocenters. The van der Waals surface area contributed by atoms with E-state index in [0.29, 0.717) is 6.54 Å². The first-order valence-electron chi connectivity index (χ1n) is 6.58. The van der Waals surface area contributed by atoms with Crippen LogP contribution in [0.1, 0.15) is 24.4 Å². The number of carboxylic acid groups (broad SMARTS) is 1. The first kappa shape index (κ1) is 14.5. The maximum Gasteiger partial charge on any atom is 0.328 e. The van der Waals surface area contributed by atoms with Gasteiger partial charge in [-0.3, -0.25) is 4.90 Å². The Morgan fingerprint density at radius 3 is 3.05 bits per heavy atom. The number of ether oxygens (including phenoxy) is 1. The smallest absolute Gasteiger partial charge is 0.328 e. The van der Waals surface area contributed by atoms with Gasteiger partial charge in [0.15, 0.2) is 11.6 Å². The van der Waals surface area contributed by atoms with E-state index in [9.17, 15) is 9.18 Å². The Labute approximate surface area is 117 Å². The van der Waals surface area contributed by atoms with E-state index in [0.717, 1.165) is 31.0 Å². The molecule has 1 aliphatic rings. The van der Waals surface area contributed by atoms with Crippen LogP contribution in [0.2, 0.25) is 0 Å². The van der Waals surface area contributed by atoms with Crippen molar-refractivity contribution >= 4 is 5.97 Å². The third-order valence-corrected chi connectivity index (χ3v) is 3.52. The van der Waals surface area contributed by atoms with E-state index in [1.54, 1.807) is 12.1 Å². The van der Waals surface area contributed by atoms with Gasteiger partial charge in [0.1, 0.15) is 0 Å². The number of aliphatic carboxylic acids is 1. The zero-order valence-electron chi connectivity index (χ0n) is 11.4. The van der Waals surface area contributed by atoms with Crippen molar-refractivity contribution < 1.29 is 19.0 Å². The molecular weight excluding hydrogens is 261 g/mol. The summed E-state index contributed by atoms with van der Waals surface area (Å²) in [5.74, 6) is -1.07. The van der Waals surface area contributed by atoms with Gasteiger partial charge in [0, 0.05) is 18.7 Å². The van der Waals surface area contributed by atoms with E-state index in [-0.39, 0.29) is 17.6 Å². The predicted molar refractivity (Wildman–Crippen MR) is 73.3 cm³/mol. The molecule has 1 aliphatic heterocycles. The molecule has 2 rings (SSSR count). The summed E-state index contributed by atoms with van der Waals surface area (Å²) >= 11 is 0. The second-order valence-corrected chi connectivity index (χ2v) is 4.79. The van der Waals surface area contributed by atoms with Crippen molar-refractivity contribution in [2.45, 2.75) is 18.9 Å². The summed E-state index contributed by atoms with van der Waals surface area (Å²) in [7, 11) is 1.44. The lowest BCUT2D eigenvalue weighted by Crippen LogP contribution is -2.23. The molecule has 0 aromatic heterocycles. The first-order valence-corrected chi connectivity index (χ1v) is 6.58. The lowest BCUT2D eigenvalue weighted by atomic mass is 10.0. The third-order valence-electron chi connectivity index (χ3n) is 3.52. The highest BCUT2D eigenvalue weighted by Gasteiger charge is 2.25. The highest BCUT2D eigenvalue weighted by Crippen LogP contribution is 2.33. The van der Waals surface area contributed by atoms with Crippen LogP contribution in [0.5, 0.6) is 5.75 Å². The molecule has 1 fully saturated rings. The van der Waals surface area contributed by atoms with Crippen molar-refractivity contribution in [2.75, 3.05) is 20.2 Å². The standard InChI is InChI=1S/C15H18FNO3/c1-20-14-7-6-11(10-12(14)16)13-4-2-8-17(13)9-3-5-15(18)19/h3,5-7,10,13H,2,4,8-9H2,1H3,(H,18,19)/b5-3+. The summed E-state index contributed by atoms with van der Waals surface area (Å²) in [5, 5.41) is 8.60. The SMILES string of the molecule is COc1ccc(C2CCCN2C/C=C/C(=O)O)cc1F. The van der Waals surface area contributed by atoms with Crippen LogP contribution < -0.4 is 4.74 Å². The predicted octanol–water partition coefficient (Wildman–Crippen LogP) is 2.61. The fraction of sp³-hybridized carbons (Fsp3) is 0.400. The molecular formula is C15H18FNO3. The Bertz CT molecular complexity index is 516. The third kappa shape index (κ3) is 3.36. The zero-order chi connectivity index (χ0) is 14.5. The van der Waals surface area contributed by atoms with Crippen LogP contribution in [0.15, 0.2) is 30.4 Å². The molecule has 1 aromatic rings. The van der Waals surface area contributed by atoms with Crippen molar-refractivity contribution in [3.8, 4) is 5.75 Å². The molecule has 0 aliphatic carbocycles. The van der Waals surface area contributed by atoms with Gasteiger partial charge in [0.2, 0.25) is 0 Å². The van der Waals surface area contributed by atoms with Crippen LogP contribution in [0, 0.1) is 5.82 Å². The Morgan fingerprint density at radius 1 is 1.60 bits per heavy atom. The lowest BCUT2D eigenvalue weighted by Gasteiger charge is -2.23. The summed E-state index contributed by atoms with van der Waals surface area (Å²) in [6.45, 7) is 1.45. The molecule has 1 saturated heterocycles. The second kappa shape index (κ2) is 6.52. The Hall–Kier alpha value is -1.88. The van der Waals surface area contributed by atoms with E-state index in [4.69, 9.17) is 9.84 Å². The molecule has 1 atom stereocenters. The average Bonchev–Trinajstić information content (AvgIpc) is 2.86. The van der Waals surface area contributed by atoms with Crippen LogP contribution in [-0.2, 0) is 4.79 Å². The monoisotopic (exact) mass is 279 g/mol. The highest BCUT2D eigenvalue weighted by atomic mass is 19.1. The molecule has 1 aromatic carbocycles. The molecule has 4 nitrogen and oxygen atoms in total. The van der Waals surface area contributed by atoms with E-state index in [1.165, 1.54) is 13.2 Å². The number of halogens is 1.